The van der Waals surface area contributed by atoms with Crippen molar-refractivity contribution < 1.29 is 0 Å². The third-order valence-corrected chi connectivity index (χ3v) is 1.88. The first-order valence-electron chi connectivity index (χ1n) is 4.11. The topological polar surface area (TPSA) is 30.7 Å². The van der Waals surface area contributed by atoms with Gasteiger partial charge in [-0.1, -0.05) is 13.3 Å². The maximum absolute atomic E-state index is 4.14. The molecule has 0 saturated heterocycles. The van der Waals surface area contributed by atoms with Gasteiger partial charge >= 0.3 is 0 Å². The van der Waals surface area contributed by atoms with Gasteiger partial charge in [0, 0.05) is 0 Å². The minimum atomic E-state index is 0.488. The van der Waals surface area contributed by atoms with Crippen LogP contribution in [0.4, 0.5) is 0 Å². The Bertz CT molecular complexity index is 217. The maximum atomic E-state index is 4.14. The zero-order valence-corrected chi connectivity index (χ0v) is 7.41. The molecule has 0 saturated carbocycles. The van der Waals surface area contributed by atoms with Crippen molar-refractivity contribution in [3.63, 3.8) is 0 Å². The minimum Gasteiger partial charge on any atom is -0.248 e. The SMILES string of the molecule is CCCC(C)n1ncnc1C. The summed E-state index contributed by atoms with van der Waals surface area (Å²) >= 11 is 0. The van der Waals surface area contributed by atoms with E-state index < -0.39 is 0 Å². The molecular formula is C8H15N3. The second-order valence-electron chi connectivity index (χ2n) is 2.89. The predicted molar refractivity (Wildman–Crippen MR) is 44.4 cm³/mol. The van der Waals surface area contributed by atoms with Gasteiger partial charge in [-0.25, -0.2) is 9.67 Å². The van der Waals surface area contributed by atoms with Gasteiger partial charge in [0.15, 0.2) is 0 Å². The first kappa shape index (κ1) is 8.24. The van der Waals surface area contributed by atoms with Crippen LogP contribution in [-0.2, 0) is 0 Å². The van der Waals surface area contributed by atoms with E-state index in [9.17, 15) is 0 Å². The van der Waals surface area contributed by atoms with Crippen LogP contribution >= 0.6 is 0 Å². The highest BCUT2D eigenvalue weighted by Crippen LogP contribution is 2.11. The zero-order chi connectivity index (χ0) is 8.27. The summed E-state index contributed by atoms with van der Waals surface area (Å²) in [5.41, 5.74) is 0. The fourth-order valence-corrected chi connectivity index (χ4v) is 1.28. The second kappa shape index (κ2) is 3.51. The van der Waals surface area contributed by atoms with Crippen LogP contribution in [0.3, 0.4) is 0 Å². The average Bonchev–Trinajstić information content (AvgIpc) is 2.36. The van der Waals surface area contributed by atoms with E-state index in [-0.39, 0.29) is 0 Å². The van der Waals surface area contributed by atoms with E-state index in [1.165, 1.54) is 12.8 Å². The van der Waals surface area contributed by atoms with Gasteiger partial charge < -0.3 is 0 Å². The van der Waals surface area contributed by atoms with Gasteiger partial charge in [0.25, 0.3) is 0 Å². The molecule has 0 spiro atoms. The molecule has 0 aliphatic rings. The van der Waals surface area contributed by atoms with Crippen molar-refractivity contribution in [3.8, 4) is 0 Å². The molecule has 1 heterocycles. The number of nitrogens with zero attached hydrogens (tertiary/aromatic N) is 3. The standard InChI is InChI=1S/C8H15N3/c1-4-5-7(2)11-8(3)9-6-10-11/h6-7H,4-5H2,1-3H3. The molecule has 1 atom stereocenters. The van der Waals surface area contributed by atoms with Crippen LogP contribution in [0.25, 0.3) is 0 Å². The molecule has 0 radical (unpaired) electrons. The van der Waals surface area contributed by atoms with Crippen LogP contribution in [-0.4, -0.2) is 14.8 Å². The first-order chi connectivity index (χ1) is 5.25. The van der Waals surface area contributed by atoms with Gasteiger partial charge in [0.2, 0.25) is 0 Å². The van der Waals surface area contributed by atoms with E-state index in [0.29, 0.717) is 6.04 Å². The van der Waals surface area contributed by atoms with E-state index >= 15 is 0 Å². The van der Waals surface area contributed by atoms with E-state index in [2.05, 4.69) is 23.9 Å². The van der Waals surface area contributed by atoms with Crippen molar-refractivity contribution in [3.05, 3.63) is 12.2 Å². The maximum Gasteiger partial charge on any atom is 0.138 e. The molecule has 3 heteroatoms. The molecule has 0 aliphatic heterocycles. The predicted octanol–water partition coefficient (Wildman–Crippen LogP) is 1.95. The van der Waals surface area contributed by atoms with Crippen molar-refractivity contribution in [2.75, 3.05) is 0 Å². The number of hydrogen-bond acceptors (Lipinski definition) is 2. The number of aryl methyl sites for hydroxylation is 1. The quantitative estimate of drug-likeness (QED) is 0.664. The molecule has 0 N–H and O–H groups in total. The van der Waals surface area contributed by atoms with Gasteiger partial charge in [-0.3, -0.25) is 0 Å². The normalized spacial score (nSPS) is 13.4. The molecule has 1 rings (SSSR count). The highest BCUT2D eigenvalue weighted by Gasteiger charge is 2.05. The first-order valence-corrected chi connectivity index (χ1v) is 4.11. The smallest absolute Gasteiger partial charge is 0.138 e. The second-order valence-corrected chi connectivity index (χ2v) is 2.89. The zero-order valence-electron chi connectivity index (χ0n) is 7.41. The Hall–Kier alpha value is -0.860. The minimum absolute atomic E-state index is 0.488. The summed E-state index contributed by atoms with van der Waals surface area (Å²) in [5.74, 6) is 1.01. The highest BCUT2D eigenvalue weighted by atomic mass is 15.3. The lowest BCUT2D eigenvalue weighted by Crippen LogP contribution is -2.08. The van der Waals surface area contributed by atoms with E-state index in [4.69, 9.17) is 0 Å². The lowest BCUT2D eigenvalue weighted by Gasteiger charge is -2.10. The Morgan fingerprint density at radius 2 is 2.36 bits per heavy atom. The summed E-state index contributed by atoms with van der Waals surface area (Å²) in [5, 5.41) is 4.14. The van der Waals surface area contributed by atoms with Crippen molar-refractivity contribution in [2.24, 2.45) is 0 Å². The van der Waals surface area contributed by atoms with Crippen molar-refractivity contribution in [1.82, 2.24) is 14.8 Å². The average molecular weight is 153 g/mol. The molecule has 0 bridgehead atoms. The lowest BCUT2D eigenvalue weighted by molar-refractivity contribution is 0.444. The Morgan fingerprint density at radius 1 is 1.64 bits per heavy atom. The third kappa shape index (κ3) is 1.79. The lowest BCUT2D eigenvalue weighted by atomic mass is 10.2. The molecule has 1 aromatic rings. The van der Waals surface area contributed by atoms with Crippen LogP contribution in [0.2, 0.25) is 0 Å². The summed E-state index contributed by atoms with van der Waals surface area (Å²) in [6.45, 7) is 6.34. The monoisotopic (exact) mass is 153 g/mol. The number of hydrogen-bond donors (Lipinski definition) is 0. The Balaban J connectivity index is 2.67. The fraction of sp³-hybridized carbons (Fsp3) is 0.750. The molecule has 11 heavy (non-hydrogen) atoms. The van der Waals surface area contributed by atoms with Gasteiger partial charge in [-0.15, -0.1) is 0 Å². The fourth-order valence-electron chi connectivity index (χ4n) is 1.28. The van der Waals surface area contributed by atoms with E-state index in [1.54, 1.807) is 6.33 Å². The van der Waals surface area contributed by atoms with E-state index in [1.807, 2.05) is 11.6 Å². The van der Waals surface area contributed by atoms with Crippen LogP contribution in [0.1, 0.15) is 38.6 Å². The van der Waals surface area contributed by atoms with Gasteiger partial charge in [0.1, 0.15) is 12.2 Å². The molecule has 0 fully saturated rings. The molecule has 0 aromatic carbocycles. The van der Waals surface area contributed by atoms with Crippen molar-refractivity contribution in [1.29, 1.82) is 0 Å². The molecular weight excluding hydrogens is 138 g/mol. The van der Waals surface area contributed by atoms with Gasteiger partial charge in [-0.2, -0.15) is 5.10 Å². The molecule has 3 nitrogen and oxygen atoms in total. The molecule has 1 aromatic heterocycles. The molecule has 0 aliphatic carbocycles. The van der Waals surface area contributed by atoms with Gasteiger partial charge in [-0.05, 0) is 20.3 Å². The molecule has 62 valence electrons. The van der Waals surface area contributed by atoms with Crippen LogP contribution in [0.15, 0.2) is 6.33 Å². The summed E-state index contributed by atoms with van der Waals surface area (Å²) in [6, 6.07) is 0.488. The summed E-state index contributed by atoms with van der Waals surface area (Å²) in [6.07, 6.45) is 3.98. The Kier molecular flexibility index (Phi) is 2.63. The summed E-state index contributed by atoms with van der Waals surface area (Å²) in [7, 11) is 0. The Morgan fingerprint density at radius 3 is 2.82 bits per heavy atom. The third-order valence-electron chi connectivity index (χ3n) is 1.88. The molecule has 0 amide bonds. The van der Waals surface area contributed by atoms with Crippen molar-refractivity contribution >= 4 is 0 Å². The summed E-state index contributed by atoms with van der Waals surface area (Å²) < 4.78 is 1.98. The summed E-state index contributed by atoms with van der Waals surface area (Å²) in [4.78, 5) is 4.07. The largest absolute Gasteiger partial charge is 0.248 e. The van der Waals surface area contributed by atoms with Crippen molar-refractivity contribution in [2.45, 2.75) is 39.7 Å². The van der Waals surface area contributed by atoms with E-state index in [0.717, 1.165) is 5.82 Å². The molecule has 1 unspecified atom stereocenters. The van der Waals surface area contributed by atoms with Crippen LogP contribution < -0.4 is 0 Å². The number of rotatable bonds is 3. The van der Waals surface area contributed by atoms with Crippen LogP contribution in [0, 0.1) is 6.92 Å². The Labute approximate surface area is 67.4 Å². The number of aromatic nitrogens is 3. The van der Waals surface area contributed by atoms with Gasteiger partial charge in [0.05, 0.1) is 6.04 Å². The van der Waals surface area contributed by atoms with Crippen LogP contribution in [0.5, 0.6) is 0 Å². The highest BCUT2D eigenvalue weighted by molar-refractivity contribution is 4.81.